The standard InChI is InChI=1S/C32H42F2N4O4/c33-29(34)15-10-24-6-4-9-27(22-24)38(30(39)23-35)31(32(40)36-26-7-2-1-3-8-26)25-11-13-28(14-12-25)42-19-5-16-37-17-20-41-21-18-37/h1-2,4,6,9,11-14,22,26,29,31H,3,5,7-8,10,15-21,23,35H2,(H,36,40). The molecule has 3 N–H and O–H groups in total. The molecule has 2 aromatic rings. The normalized spacial score (nSPS) is 18.0. The van der Waals surface area contributed by atoms with E-state index in [4.69, 9.17) is 15.2 Å². The molecule has 0 saturated carbocycles. The molecule has 2 unspecified atom stereocenters. The van der Waals surface area contributed by atoms with Crippen molar-refractivity contribution >= 4 is 17.5 Å². The van der Waals surface area contributed by atoms with Gasteiger partial charge in [-0.15, -0.1) is 0 Å². The van der Waals surface area contributed by atoms with Crippen LogP contribution in [-0.4, -0.2) is 75.2 Å². The summed E-state index contributed by atoms with van der Waals surface area (Å²) in [4.78, 5) is 30.9. The van der Waals surface area contributed by atoms with Crippen LogP contribution in [0.15, 0.2) is 60.7 Å². The smallest absolute Gasteiger partial charge is 0.248 e. The number of carbonyl (C=O) groups is 2. The van der Waals surface area contributed by atoms with Gasteiger partial charge in [-0.25, -0.2) is 8.78 Å². The number of halogens is 2. The zero-order valence-electron chi connectivity index (χ0n) is 24.1. The van der Waals surface area contributed by atoms with Gasteiger partial charge in [0, 0.05) is 37.8 Å². The third kappa shape index (κ3) is 9.34. The highest BCUT2D eigenvalue weighted by Crippen LogP contribution is 2.31. The van der Waals surface area contributed by atoms with Crippen molar-refractivity contribution in [2.45, 2.75) is 57.0 Å². The predicted octanol–water partition coefficient (Wildman–Crippen LogP) is 4.24. The molecule has 4 rings (SSSR count). The highest BCUT2D eigenvalue weighted by atomic mass is 19.3. The fourth-order valence-electron chi connectivity index (χ4n) is 5.34. The summed E-state index contributed by atoms with van der Waals surface area (Å²) in [5.41, 5.74) is 7.52. The first-order valence-electron chi connectivity index (χ1n) is 14.8. The maximum Gasteiger partial charge on any atom is 0.248 e. The van der Waals surface area contributed by atoms with Crippen LogP contribution >= 0.6 is 0 Å². The summed E-state index contributed by atoms with van der Waals surface area (Å²) in [6.45, 7) is 4.56. The Balaban J connectivity index is 1.54. The Morgan fingerprint density at radius 2 is 1.90 bits per heavy atom. The number of hydrogen-bond acceptors (Lipinski definition) is 6. The van der Waals surface area contributed by atoms with Crippen molar-refractivity contribution in [3.05, 3.63) is 71.8 Å². The molecule has 228 valence electrons. The zero-order valence-corrected chi connectivity index (χ0v) is 24.1. The molecule has 0 bridgehead atoms. The fraction of sp³-hybridized carbons (Fsp3) is 0.500. The second kappa shape index (κ2) is 16.3. The van der Waals surface area contributed by atoms with Gasteiger partial charge in [-0.05, 0) is 67.5 Å². The minimum atomic E-state index is -2.43. The van der Waals surface area contributed by atoms with Crippen LogP contribution in [0.1, 0.15) is 49.3 Å². The molecule has 0 aromatic heterocycles. The molecule has 8 nitrogen and oxygen atoms in total. The Morgan fingerprint density at radius 1 is 1.12 bits per heavy atom. The molecule has 2 aliphatic rings. The topological polar surface area (TPSA) is 97.1 Å². The van der Waals surface area contributed by atoms with Crippen LogP contribution in [0, 0.1) is 0 Å². The lowest BCUT2D eigenvalue weighted by Gasteiger charge is -2.33. The number of nitrogens with zero attached hydrogens (tertiary/aromatic N) is 2. The van der Waals surface area contributed by atoms with Gasteiger partial charge in [-0.2, -0.15) is 0 Å². The first kappa shape index (κ1) is 31.6. The van der Waals surface area contributed by atoms with E-state index in [9.17, 15) is 18.4 Å². The Labute approximate surface area is 246 Å². The van der Waals surface area contributed by atoms with E-state index < -0.39 is 18.4 Å². The Kier molecular flexibility index (Phi) is 12.3. The Hall–Kier alpha value is -3.34. The highest BCUT2D eigenvalue weighted by Gasteiger charge is 2.33. The quantitative estimate of drug-likeness (QED) is 0.255. The van der Waals surface area contributed by atoms with Crippen LogP contribution < -0.4 is 20.7 Å². The van der Waals surface area contributed by atoms with Crippen molar-refractivity contribution in [2.75, 3.05) is 50.9 Å². The number of allylic oxidation sites excluding steroid dienone is 1. The zero-order chi connectivity index (χ0) is 29.7. The molecule has 1 heterocycles. The maximum atomic E-state index is 13.9. The molecule has 2 amide bonds. The summed E-state index contributed by atoms with van der Waals surface area (Å²) in [6.07, 6.45) is 4.83. The monoisotopic (exact) mass is 584 g/mol. The van der Waals surface area contributed by atoms with Crippen LogP contribution in [0.25, 0.3) is 0 Å². The lowest BCUT2D eigenvalue weighted by molar-refractivity contribution is -0.126. The van der Waals surface area contributed by atoms with Gasteiger partial charge in [0.05, 0.1) is 26.4 Å². The van der Waals surface area contributed by atoms with Crippen molar-refractivity contribution < 1.29 is 27.8 Å². The molecule has 1 aliphatic carbocycles. The molecular formula is C32H42F2N4O4. The van der Waals surface area contributed by atoms with Crippen molar-refractivity contribution in [1.29, 1.82) is 0 Å². The van der Waals surface area contributed by atoms with Crippen LogP contribution in [0.4, 0.5) is 14.5 Å². The molecule has 0 spiro atoms. The number of rotatable bonds is 14. The SMILES string of the molecule is NCC(=O)N(c1cccc(CCC(F)F)c1)C(C(=O)NC1CC=CCC1)c1ccc(OCCCN2CCOCC2)cc1. The van der Waals surface area contributed by atoms with Crippen LogP contribution in [0.2, 0.25) is 0 Å². The van der Waals surface area contributed by atoms with Crippen LogP contribution in [0.5, 0.6) is 5.75 Å². The average Bonchev–Trinajstić information content (AvgIpc) is 3.02. The van der Waals surface area contributed by atoms with Gasteiger partial charge in [0.15, 0.2) is 0 Å². The third-order valence-electron chi connectivity index (χ3n) is 7.59. The first-order chi connectivity index (χ1) is 20.4. The number of aryl methyl sites for hydroxylation is 1. The maximum absolute atomic E-state index is 13.9. The first-order valence-corrected chi connectivity index (χ1v) is 14.8. The van der Waals surface area contributed by atoms with E-state index in [-0.39, 0.29) is 31.3 Å². The van der Waals surface area contributed by atoms with Crippen LogP contribution in [-0.2, 0) is 20.7 Å². The predicted molar refractivity (Wildman–Crippen MR) is 159 cm³/mol. The largest absolute Gasteiger partial charge is 0.494 e. The number of nitrogens with two attached hydrogens (primary N) is 1. The van der Waals surface area contributed by atoms with Gasteiger partial charge in [0.1, 0.15) is 11.8 Å². The number of morpholine rings is 1. The number of benzene rings is 2. The fourth-order valence-corrected chi connectivity index (χ4v) is 5.34. The van der Waals surface area contributed by atoms with Crippen LogP contribution in [0.3, 0.4) is 0 Å². The van der Waals surface area contributed by atoms with E-state index in [2.05, 4.69) is 16.3 Å². The van der Waals surface area contributed by atoms with Crippen molar-refractivity contribution in [2.24, 2.45) is 5.73 Å². The molecule has 1 saturated heterocycles. The molecule has 2 atom stereocenters. The second-order valence-electron chi connectivity index (χ2n) is 10.7. The van der Waals surface area contributed by atoms with E-state index >= 15 is 0 Å². The van der Waals surface area contributed by atoms with E-state index in [1.165, 1.54) is 4.90 Å². The summed E-state index contributed by atoms with van der Waals surface area (Å²) in [5.74, 6) is -0.106. The van der Waals surface area contributed by atoms with Gasteiger partial charge in [0.2, 0.25) is 18.2 Å². The molecule has 2 aromatic carbocycles. The van der Waals surface area contributed by atoms with Gasteiger partial charge < -0.3 is 20.5 Å². The number of alkyl halides is 2. The summed E-state index contributed by atoms with van der Waals surface area (Å²) in [7, 11) is 0. The lowest BCUT2D eigenvalue weighted by Crippen LogP contribution is -2.48. The molecule has 10 heteroatoms. The molecular weight excluding hydrogens is 542 g/mol. The Morgan fingerprint density at radius 3 is 2.60 bits per heavy atom. The third-order valence-corrected chi connectivity index (χ3v) is 7.59. The van der Waals surface area contributed by atoms with E-state index in [1.807, 2.05) is 6.08 Å². The Bertz CT molecular complexity index is 1170. The number of carbonyl (C=O) groups excluding carboxylic acids is 2. The summed E-state index contributed by atoms with van der Waals surface area (Å²) in [6, 6.07) is 13.0. The minimum Gasteiger partial charge on any atom is -0.494 e. The number of amides is 2. The average molecular weight is 585 g/mol. The second-order valence-corrected chi connectivity index (χ2v) is 10.7. The lowest BCUT2D eigenvalue weighted by atomic mass is 9.98. The highest BCUT2D eigenvalue weighted by molar-refractivity contribution is 6.02. The molecule has 1 aliphatic heterocycles. The van der Waals surface area contributed by atoms with E-state index in [1.54, 1.807) is 48.5 Å². The number of ether oxygens (including phenoxy) is 2. The molecule has 42 heavy (non-hydrogen) atoms. The number of nitrogens with one attached hydrogen (secondary N) is 1. The van der Waals surface area contributed by atoms with Gasteiger partial charge >= 0.3 is 0 Å². The number of hydrogen-bond donors (Lipinski definition) is 2. The van der Waals surface area contributed by atoms with Crippen molar-refractivity contribution in [3.63, 3.8) is 0 Å². The van der Waals surface area contributed by atoms with Gasteiger partial charge in [-0.1, -0.05) is 36.4 Å². The minimum absolute atomic E-state index is 0.0497. The van der Waals surface area contributed by atoms with Gasteiger partial charge in [-0.3, -0.25) is 19.4 Å². The van der Waals surface area contributed by atoms with Gasteiger partial charge in [0.25, 0.3) is 0 Å². The number of anilines is 1. The summed E-state index contributed by atoms with van der Waals surface area (Å²) < 4.78 is 37.2. The van der Waals surface area contributed by atoms with Crippen molar-refractivity contribution in [1.82, 2.24) is 10.2 Å². The van der Waals surface area contributed by atoms with E-state index in [0.717, 1.165) is 52.1 Å². The van der Waals surface area contributed by atoms with E-state index in [0.29, 0.717) is 35.6 Å². The molecule has 1 fully saturated rings. The van der Waals surface area contributed by atoms with Crippen molar-refractivity contribution in [3.8, 4) is 5.75 Å². The summed E-state index contributed by atoms with van der Waals surface area (Å²) >= 11 is 0. The molecule has 0 radical (unpaired) electrons. The summed E-state index contributed by atoms with van der Waals surface area (Å²) in [5, 5.41) is 3.12.